The molecule has 2 rings (SSSR count). The van der Waals surface area contributed by atoms with E-state index in [9.17, 15) is 9.90 Å². The molecule has 1 aromatic rings. The average molecular weight is 265 g/mol. The Kier molecular flexibility index (Phi) is 3.66. The Morgan fingerprint density at radius 3 is 2.47 bits per heavy atom. The first kappa shape index (κ1) is 13.7. The van der Waals surface area contributed by atoms with Crippen molar-refractivity contribution >= 4 is 5.91 Å². The number of benzene rings is 1. The topological polar surface area (TPSA) is 81.8 Å². The predicted octanol–water partition coefficient (Wildman–Crippen LogP) is 1.18. The summed E-state index contributed by atoms with van der Waals surface area (Å²) < 4.78 is 10.3. The molecule has 104 valence electrons. The molecule has 0 bridgehead atoms. The first-order valence-electron chi connectivity index (χ1n) is 6.26. The lowest BCUT2D eigenvalue weighted by molar-refractivity contribution is -0.138. The first-order valence-corrected chi connectivity index (χ1v) is 6.26. The highest BCUT2D eigenvalue weighted by atomic mass is 16.5. The zero-order chi connectivity index (χ0) is 14.0. The smallest absolute Gasteiger partial charge is 0.254 e. The summed E-state index contributed by atoms with van der Waals surface area (Å²) in [5.41, 5.74) is 4.19. The molecule has 1 saturated carbocycles. The maximum absolute atomic E-state index is 11.6. The van der Waals surface area contributed by atoms with Crippen LogP contribution in [0.25, 0.3) is 0 Å². The van der Waals surface area contributed by atoms with Crippen LogP contribution in [0.5, 0.6) is 11.5 Å². The van der Waals surface area contributed by atoms with Gasteiger partial charge in [0.1, 0.15) is 0 Å². The summed E-state index contributed by atoms with van der Waals surface area (Å²) in [4.78, 5) is 11.6. The largest absolute Gasteiger partial charge is 0.493 e. The van der Waals surface area contributed by atoms with Gasteiger partial charge in [-0.25, -0.2) is 0 Å². The lowest BCUT2D eigenvalue weighted by Gasteiger charge is -2.26. The Balaban J connectivity index is 2.38. The van der Waals surface area contributed by atoms with Gasteiger partial charge in [-0.1, -0.05) is 18.9 Å². The van der Waals surface area contributed by atoms with Crippen molar-refractivity contribution in [1.29, 1.82) is 0 Å². The number of nitrogens with two attached hydrogens (primary N) is 1. The summed E-state index contributed by atoms with van der Waals surface area (Å²) in [6, 6.07) is 4.91. The number of hydrogen-bond donors (Lipinski definition) is 2. The van der Waals surface area contributed by atoms with E-state index < -0.39 is 11.5 Å². The highest BCUT2D eigenvalue weighted by molar-refractivity contribution is 5.85. The highest BCUT2D eigenvalue weighted by Gasteiger charge is 2.41. The SMILES string of the molecule is COc1ccc(C(O)(CC2CC2)C(N)=O)cc1OC. The van der Waals surface area contributed by atoms with Crippen LogP contribution in [-0.4, -0.2) is 25.2 Å². The number of hydrogen-bond acceptors (Lipinski definition) is 4. The second-order valence-electron chi connectivity index (χ2n) is 4.94. The molecule has 0 aromatic heterocycles. The number of ether oxygens (including phenoxy) is 2. The number of carbonyl (C=O) groups excluding carboxylic acids is 1. The maximum Gasteiger partial charge on any atom is 0.254 e. The third-order valence-electron chi connectivity index (χ3n) is 3.55. The van der Waals surface area contributed by atoms with Crippen LogP contribution in [-0.2, 0) is 10.4 Å². The van der Waals surface area contributed by atoms with Crippen molar-refractivity contribution in [1.82, 2.24) is 0 Å². The summed E-state index contributed by atoms with van der Waals surface area (Å²) in [6.45, 7) is 0. The molecule has 1 unspecified atom stereocenters. The standard InChI is InChI=1S/C14H19NO4/c1-18-11-6-5-10(7-12(11)19-2)14(17,13(15)16)8-9-3-4-9/h5-7,9,17H,3-4,8H2,1-2H3,(H2,15,16). The Morgan fingerprint density at radius 2 is 2.00 bits per heavy atom. The van der Waals surface area contributed by atoms with E-state index in [-0.39, 0.29) is 0 Å². The van der Waals surface area contributed by atoms with E-state index in [2.05, 4.69) is 0 Å². The Hall–Kier alpha value is -1.75. The number of rotatable bonds is 6. The first-order chi connectivity index (χ1) is 9.01. The molecule has 0 radical (unpaired) electrons. The molecule has 19 heavy (non-hydrogen) atoms. The van der Waals surface area contributed by atoms with Crippen molar-refractivity contribution < 1.29 is 19.4 Å². The van der Waals surface area contributed by atoms with Crippen LogP contribution in [0.4, 0.5) is 0 Å². The summed E-state index contributed by atoms with van der Waals surface area (Å²) in [7, 11) is 3.04. The number of amides is 1. The fraction of sp³-hybridized carbons (Fsp3) is 0.500. The molecule has 1 amide bonds. The minimum atomic E-state index is -1.64. The van der Waals surface area contributed by atoms with Gasteiger partial charge < -0.3 is 20.3 Å². The van der Waals surface area contributed by atoms with E-state index >= 15 is 0 Å². The van der Waals surface area contributed by atoms with Gasteiger partial charge in [-0.2, -0.15) is 0 Å². The van der Waals surface area contributed by atoms with Gasteiger partial charge in [0.25, 0.3) is 5.91 Å². The number of aliphatic hydroxyl groups is 1. The van der Waals surface area contributed by atoms with Crippen molar-refractivity contribution in [3.63, 3.8) is 0 Å². The molecule has 0 spiro atoms. The third kappa shape index (κ3) is 2.66. The number of carbonyl (C=O) groups is 1. The van der Waals surface area contributed by atoms with Crippen molar-refractivity contribution in [2.75, 3.05) is 14.2 Å². The van der Waals surface area contributed by atoms with E-state index in [0.717, 1.165) is 12.8 Å². The molecule has 0 saturated heterocycles. The van der Waals surface area contributed by atoms with Crippen LogP contribution in [0.1, 0.15) is 24.8 Å². The normalized spacial score (nSPS) is 17.6. The van der Waals surface area contributed by atoms with Crippen molar-refractivity contribution in [3.8, 4) is 11.5 Å². The quantitative estimate of drug-likeness (QED) is 0.809. The monoisotopic (exact) mass is 265 g/mol. The Morgan fingerprint density at radius 1 is 1.37 bits per heavy atom. The molecule has 1 aliphatic rings. The molecule has 3 N–H and O–H groups in total. The fourth-order valence-electron chi connectivity index (χ4n) is 2.19. The van der Waals surface area contributed by atoms with Gasteiger partial charge >= 0.3 is 0 Å². The molecular weight excluding hydrogens is 246 g/mol. The second-order valence-corrected chi connectivity index (χ2v) is 4.94. The minimum Gasteiger partial charge on any atom is -0.493 e. The highest BCUT2D eigenvalue weighted by Crippen LogP contribution is 2.42. The van der Waals surface area contributed by atoms with E-state index in [4.69, 9.17) is 15.2 Å². The Bertz CT molecular complexity index is 484. The average Bonchev–Trinajstić information content (AvgIpc) is 3.21. The van der Waals surface area contributed by atoms with E-state index in [1.54, 1.807) is 18.2 Å². The van der Waals surface area contributed by atoms with E-state index in [1.165, 1.54) is 14.2 Å². The summed E-state index contributed by atoms with van der Waals surface area (Å²) in [5.74, 6) is 0.650. The molecule has 0 heterocycles. The zero-order valence-corrected chi connectivity index (χ0v) is 11.2. The molecule has 1 aliphatic carbocycles. The fourth-order valence-corrected chi connectivity index (χ4v) is 2.19. The molecular formula is C14H19NO4. The third-order valence-corrected chi connectivity index (χ3v) is 3.55. The lowest BCUT2D eigenvalue weighted by atomic mass is 9.87. The summed E-state index contributed by atoms with van der Waals surface area (Å²) >= 11 is 0. The molecule has 5 heteroatoms. The van der Waals surface area contributed by atoms with Crippen LogP contribution >= 0.6 is 0 Å². The van der Waals surface area contributed by atoms with Gasteiger partial charge in [-0.15, -0.1) is 0 Å². The van der Waals surface area contributed by atoms with Crippen LogP contribution in [0.3, 0.4) is 0 Å². The van der Waals surface area contributed by atoms with E-state index in [1.807, 2.05) is 0 Å². The predicted molar refractivity (Wildman–Crippen MR) is 70.0 cm³/mol. The molecule has 1 fully saturated rings. The maximum atomic E-state index is 11.6. The van der Waals surface area contributed by atoms with Gasteiger partial charge in [0.15, 0.2) is 17.1 Å². The van der Waals surface area contributed by atoms with Gasteiger partial charge in [-0.3, -0.25) is 4.79 Å². The summed E-state index contributed by atoms with van der Waals surface area (Å²) in [5, 5.41) is 10.6. The molecule has 1 aromatic carbocycles. The minimum absolute atomic E-state index is 0.359. The van der Waals surface area contributed by atoms with Gasteiger partial charge in [0, 0.05) is 0 Å². The van der Waals surface area contributed by atoms with Gasteiger partial charge in [0.2, 0.25) is 0 Å². The van der Waals surface area contributed by atoms with Crippen LogP contribution in [0.15, 0.2) is 18.2 Å². The second kappa shape index (κ2) is 5.09. The Labute approximate surface area is 112 Å². The van der Waals surface area contributed by atoms with Crippen LogP contribution in [0, 0.1) is 5.92 Å². The summed E-state index contributed by atoms with van der Waals surface area (Å²) in [6.07, 6.45) is 2.42. The van der Waals surface area contributed by atoms with Crippen molar-refractivity contribution in [2.24, 2.45) is 11.7 Å². The number of primary amides is 1. The molecule has 5 nitrogen and oxygen atoms in total. The van der Waals surface area contributed by atoms with E-state index in [0.29, 0.717) is 29.4 Å². The van der Waals surface area contributed by atoms with Crippen LogP contribution < -0.4 is 15.2 Å². The number of methoxy groups -OCH3 is 2. The van der Waals surface area contributed by atoms with Crippen molar-refractivity contribution in [3.05, 3.63) is 23.8 Å². The van der Waals surface area contributed by atoms with Gasteiger partial charge in [0.05, 0.1) is 14.2 Å². The lowest BCUT2D eigenvalue weighted by Crippen LogP contribution is -2.41. The zero-order valence-electron chi connectivity index (χ0n) is 11.2. The van der Waals surface area contributed by atoms with Crippen LogP contribution in [0.2, 0.25) is 0 Å². The van der Waals surface area contributed by atoms with Gasteiger partial charge in [-0.05, 0) is 30.0 Å². The molecule has 0 aliphatic heterocycles. The van der Waals surface area contributed by atoms with Crippen molar-refractivity contribution in [2.45, 2.75) is 24.9 Å². The molecule has 1 atom stereocenters.